The Morgan fingerprint density at radius 2 is 1.93 bits per heavy atom. The van der Waals surface area contributed by atoms with Gasteiger partial charge in [0.15, 0.2) is 0 Å². The molecule has 2 atom stereocenters. The minimum Gasteiger partial charge on any atom is -0.296 e. The van der Waals surface area contributed by atoms with Gasteiger partial charge in [-0.3, -0.25) is 4.90 Å². The van der Waals surface area contributed by atoms with Gasteiger partial charge in [-0.15, -0.1) is 0 Å². The second-order valence-electron chi connectivity index (χ2n) is 4.60. The first-order valence-electron chi connectivity index (χ1n) is 5.53. The van der Waals surface area contributed by atoms with E-state index in [9.17, 15) is 0 Å². The van der Waals surface area contributed by atoms with E-state index in [0.717, 1.165) is 18.5 Å². The molecule has 0 aliphatic carbocycles. The van der Waals surface area contributed by atoms with Crippen LogP contribution in [0.4, 0.5) is 0 Å². The first-order chi connectivity index (χ1) is 6.75. The predicted octanol–water partition coefficient (Wildman–Crippen LogP) is 2.92. The Bertz CT molecular complexity index is 281. The monoisotopic (exact) mass is 189 g/mol. The second kappa shape index (κ2) is 4.14. The highest BCUT2D eigenvalue weighted by molar-refractivity contribution is 5.14. The van der Waals surface area contributed by atoms with Gasteiger partial charge in [0.1, 0.15) is 0 Å². The summed E-state index contributed by atoms with van der Waals surface area (Å²) in [4.78, 5) is 2.58. The van der Waals surface area contributed by atoms with E-state index in [1.54, 1.807) is 0 Å². The predicted molar refractivity (Wildman–Crippen MR) is 60.1 cm³/mol. The van der Waals surface area contributed by atoms with Gasteiger partial charge < -0.3 is 0 Å². The van der Waals surface area contributed by atoms with Crippen molar-refractivity contribution in [2.75, 3.05) is 6.54 Å². The zero-order valence-corrected chi connectivity index (χ0v) is 9.11. The molecule has 1 fully saturated rings. The van der Waals surface area contributed by atoms with E-state index in [-0.39, 0.29) is 0 Å². The first kappa shape index (κ1) is 9.72. The summed E-state index contributed by atoms with van der Waals surface area (Å²) in [6.45, 7) is 7.07. The summed E-state index contributed by atoms with van der Waals surface area (Å²) < 4.78 is 0. The van der Waals surface area contributed by atoms with Crippen LogP contribution in [0.25, 0.3) is 0 Å². The molecule has 0 N–H and O–H groups in total. The number of nitrogens with zero attached hydrogens (tertiary/aromatic N) is 1. The van der Waals surface area contributed by atoms with Crippen LogP contribution < -0.4 is 0 Å². The van der Waals surface area contributed by atoms with Crippen molar-refractivity contribution in [1.29, 1.82) is 0 Å². The molecule has 14 heavy (non-hydrogen) atoms. The van der Waals surface area contributed by atoms with Crippen LogP contribution >= 0.6 is 0 Å². The van der Waals surface area contributed by atoms with Crippen molar-refractivity contribution >= 4 is 0 Å². The largest absolute Gasteiger partial charge is 0.296 e. The van der Waals surface area contributed by atoms with Crippen LogP contribution in [0.1, 0.15) is 25.8 Å². The fourth-order valence-electron chi connectivity index (χ4n) is 2.42. The maximum Gasteiger partial charge on any atom is 0.0236 e. The average molecular weight is 189 g/mol. The fraction of sp³-hybridized carbons (Fsp3) is 0.538. The molecular formula is C13H19N. The number of benzene rings is 1. The van der Waals surface area contributed by atoms with Gasteiger partial charge in [0.2, 0.25) is 0 Å². The first-order valence-corrected chi connectivity index (χ1v) is 5.53. The van der Waals surface area contributed by atoms with E-state index in [4.69, 9.17) is 0 Å². The van der Waals surface area contributed by atoms with Crippen LogP contribution in [-0.2, 0) is 6.54 Å². The molecule has 0 saturated carbocycles. The van der Waals surface area contributed by atoms with E-state index in [1.807, 2.05) is 0 Å². The van der Waals surface area contributed by atoms with Crippen molar-refractivity contribution in [3.05, 3.63) is 35.9 Å². The lowest BCUT2D eigenvalue weighted by Gasteiger charge is -2.20. The van der Waals surface area contributed by atoms with Crippen molar-refractivity contribution in [3.8, 4) is 0 Å². The lowest BCUT2D eigenvalue weighted by molar-refractivity contribution is 0.256. The van der Waals surface area contributed by atoms with Crippen LogP contribution in [0.3, 0.4) is 0 Å². The molecule has 1 aromatic rings. The van der Waals surface area contributed by atoms with E-state index in [2.05, 4.69) is 49.1 Å². The number of hydrogen-bond acceptors (Lipinski definition) is 1. The summed E-state index contributed by atoms with van der Waals surface area (Å²) in [5.41, 5.74) is 1.44. The highest BCUT2D eigenvalue weighted by Crippen LogP contribution is 2.23. The van der Waals surface area contributed by atoms with E-state index in [0.29, 0.717) is 0 Å². The quantitative estimate of drug-likeness (QED) is 0.691. The topological polar surface area (TPSA) is 3.24 Å². The van der Waals surface area contributed by atoms with Gasteiger partial charge in [-0.05, 0) is 24.8 Å². The van der Waals surface area contributed by atoms with Crippen LogP contribution in [-0.4, -0.2) is 17.5 Å². The summed E-state index contributed by atoms with van der Waals surface area (Å²) in [7, 11) is 0. The fourth-order valence-corrected chi connectivity index (χ4v) is 2.42. The molecule has 0 radical (unpaired) electrons. The molecule has 76 valence electrons. The maximum atomic E-state index is 2.58. The van der Waals surface area contributed by atoms with Crippen molar-refractivity contribution in [2.24, 2.45) is 5.92 Å². The molecule has 1 saturated heterocycles. The van der Waals surface area contributed by atoms with Gasteiger partial charge in [0.05, 0.1) is 0 Å². The average Bonchev–Trinajstić information content (AvgIpc) is 2.47. The zero-order valence-electron chi connectivity index (χ0n) is 9.11. The summed E-state index contributed by atoms with van der Waals surface area (Å²) in [5, 5.41) is 0. The zero-order chi connectivity index (χ0) is 9.97. The van der Waals surface area contributed by atoms with E-state index < -0.39 is 0 Å². The Balaban J connectivity index is 1.98. The molecule has 1 heteroatoms. The molecule has 1 nitrogen and oxygen atoms in total. The van der Waals surface area contributed by atoms with Gasteiger partial charge in [0, 0.05) is 19.1 Å². The maximum absolute atomic E-state index is 2.58. The van der Waals surface area contributed by atoms with Crippen LogP contribution in [0, 0.1) is 5.92 Å². The molecule has 1 aliphatic heterocycles. The SMILES string of the molecule is C[C@@H]1C[C@H](C)N(Cc2ccccc2)C1. The van der Waals surface area contributed by atoms with Crippen LogP contribution in [0.5, 0.6) is 0 Å². The smallest absolute Gasteiger partial charge is 0.0236 e. The number of likely N-dealkylation sites (tertiary alicyclic amines) is 1. The van der Waals surface area contributed by atoms with Gasteiger partial charge in [-0.25, -0.2) is 0 Å². The lowest BCUT2D eigenvalue weighted by Crippen LogP contribution is -2.26. The number of rotatable bonds is 2. The Hall–Kier alpha value is -0.820. The van der Waals surface area contributed by atoms with Gasteiger partial charge >= 0.3 is 0 Å². The molecule has 1 aromatic carbocycles. The molecule has 0 spiro atoms. The Morgan fingerprint density at radius 3 is 2.50 bits per heavy atom. The molecule has 2 rings (SSSR count). The molecule has 0 aromatic heterocycles. The van der Waals surface area contributed by atoms with Crippen LogP contribution in [0.2, 0.25) is 0 Å². The Kier molecular flexibility index (Phi) is 2.87. The Labute approximate surface area is 86.7 Å². The highest BCUT2D eigenvalue weighted by atomic mass is 15.2. The van der Waals surface area contributed by atoms with Crippen molar-refractivity contribution in [3.63, 3.8) is 0 Å². The molecular weight excluding hydrogens is 170 g/mol. The van der Waals surface area contributed by atoms with E-state index >= 15 is 0 Å². The van der Waals surface area contributed by atoms with Crippen molar-refractivity contribution < 1.29 is 0 Å². The summed E-state index contributed by atoms with van der Waals surface area (Å²) >= 11 is 0. The van der Waals surface area contributed by atoms with Gasteiger partial charge in [-0.1, -0.05) is 37.3 Å². The third kappa shape index (κ3) is 2.16. The Morgan fingerprint density at radius 1 is 1.21 bits per heavy atom. The second-order valence-corrected chi connectivity index (χ2v) is 4.60. The highest BCUT2D eigenvalue weighted by Gasteiger charge is 2.25. The summed E-state index contributed by atoms with van der Waals surface area (Å²) in [5.74, 6) is 0.869. The van der Waals surface area contributed by atoms with Gasteiger partial charge in [-0.2, -0.15) is 0 Å². The lowest BCUT2D eigenvalue weighted by atomic mass is 10.1. The van der Waals surface area contributed by atoms with E-state index in [1.165, 1.54) is 18.5 Å². The molecule has 1 heterocycles. The van der Waals surface area contributed by atoms with Crippen molar-refractivity contribution in [1.82, 2.24) is 4.90 Å². The van der Waals surface area contributed by atoms with Crippen LogP contribution in [0.15, 0.2) is 30.3 Å². The minimum atomic E-state index is 0.755. The van der Waals surface area contributed by atoms with Gasteiger partial charge in [0.25, 0.3) is 0 Å². The third-order valence-electron chi connectivity index (χ3n) is 3.14. The minimum absolute atomic E-state index is 0.755. The molecule has 0 bridgehead atoms. The standard InChI is InChI=1S/C13H19N/c1-11-8-12(2)14(9-11)10-13-6-4-3-5-7-13/h3-7,11-12H,8-10H2,1-2H3/t11-,12+/m1/s1. The molecule has 0 amide bonds. The van der Waals surface area contributed by atoms with Crippen molar-refractivity contribution in [2.45, 2.75) is 32.9 Å². The third-order valence-corrected chi connectivity index (χ3v) is 3.14. The molecule has 1 aliphatic rings. The normalized spacial score (nSPS) is 28.1. The molecule has 0 unspecified atom stereocenters. The summed E-state index contributed by atoms with van der Waals surface area (Å²) in [6.07, 6.45) is 1.35. The summed E-state index contributed by atoms with van der Waals surface area (Å²) in [6, 6.07) is 11.5. The number of hydrogen-bond donors (Lipinski definition) is 0.